The summed E-state index contributed by atoms with van der Waals surface area (Å²) >= 11 is 2.91. The van der Waals surface area contributed by atoms with Gasteiger partial charge in [0.2, 0.25) is 11.1 Å². The number of hydrogen-bond donors (Lipinski definition) is 2. The summed E-state index contributed by atoms with van der Waals surface area (Å²) < 4.78 is 13.1. The number of H-pyrrole nitrogens is 1. The van der Waals surface area contributed by atoms with Gasteiger partial charge in [-0.05, 0) is 36.6 Å². The minimum atomic E-state index is -0.404. The number of rotatable bonds is 6. The van der Waals surface area contributed by atoms with E-state index in [4.69, 9.17) is 0 Å². The molecule has 0 saturated heterocycles. The third kappa shape index (κ3) is 4.42. The molecule has 3 aromatic rings. The third-order valence-electron chi connectivity index (χ3n) is 3.18. The number of aromatic amines is 1. The average molecular weight is 362 g/mol. The second kappa shape index (κ2) is 7.59. The fourth-order valence-corrected chi connectivity index (χ4v) is 3.46. The number of benzene rings is 1. The summed E-state index contributed by atoms with van der Waals surface area (Å²) in [6, 6.07) is 9.83. The Hall–Kier alpha value is -2.19. The Morgan fingerprint density at radius 1 is 1.42 bits per heavy atom. The average Bonchev–Trinajstić information content (AvgIpc) is 3.20. The summed E-state index contributed by atoms with van der Waals surface area (Å²) in [5.41, 5.74) is 0.431. The van der Waals surface area contributed by atoms with Crippen LogP contribution >= 0.6 is 23.1 Å². The van der Waals surface area contributed by atoms with Gasteiger partial charge in [-0.1, -0.05) is 23.9 Å². The van der Waals surface area contributed by atoms with E-state index in [1.54, 1.807) is 30.4 Å². The smallest absolute Gasteiger partial charge is 0.237 e. The number of aromatic nitrogens is 3. The maximum absolute atomic E-state index is 13.1. The van der Waals surface area contributed by atoms with Crippen molar-refractivity contribution in [1.29, 1.82) is 0 Å². The van der Waals surface area contributed by atoms with Crippen molar-refractivity contribution in [3.63, 3.8) is 0 Å². The molecule has 0 aliphatic heterocycles. The van der Waals surface area contributed by atoms with Gasteiger partial charge in [0.15, 0.2) is 0 Å². The molecular formula is C16H15FN4OS2. The van der Waals surface area contributed by atoms with Crippen LogP contribution in [0.3, 0.4) is 0 Å². The molecular weight excluding hydrogens is 347 g/mol. The van der Waals surface area contributed by atoms with Gasteiger partial charge in [-0.3, -0.25) is 9.89 Å². The summed E-state index contributed by atoms with van der Waals surface area (Å²) in [5.74, 6) is 0.146. The van der Waals surface area contributed by atoms with E-state index in [1.807, 2.05) is 17.5 Å². The number of anilines is 1. The zero-order chi connectivity index (χ0) is 16.9. The van der Waals surface area contributed by atoms with Crippen LogP contribution in [-0.4, -0.2) is 26.3 Å². The molecule has 0 radical (unpaired) electrons. The molecule has 24 heavy (non-hydrogen) atoms. The lowest BCUT2D eigenvalue weighted by Crippen LogP contribution is -2.22. The van der Waals surface area contributed by atoms with Crippen molar-refractivity contribution in [3.8, 4) is 0 Å². The Morgan fingerprint density at radius 3 is 3.04 bits per heavy atom. The second-order valence-electron chi connectivity index (χ2n) is 5.08. The van der Waals surface area contributed by atoms with E-state index in [-0.39, 0.29) is 11.7 Å². The molecule has 5 nitrogen and oxygen atoms in total. The Balaban J connectivity index is 1.57. The largest absolute Gasteiger partial charge is 0.325 e. The fraction of sp³-hybridized carbons (Fsp3) is 0.188. The predicted molar refractivity (Wildman–Crippen MR) is 93.9 cm³/mol. The first kappa shape index (κ1) is 16.7. The molecule has 0 fully saturated rings. The minimum Gasteiger partial charge on any atom is -0.325 e. The van der Waals surface area contributed by atoms with Crippen LogP contribution in [0.1, 0.15) is 17.6 Å². The molecule has 3 rings (SSSR count). The van der Waals surface area contributed by atoms with Crippen LogP contribution in [0.4, 0.5) is 10.1 Å². The number of carbonyl (C=O) groups is 1. The molecule has 0 aliphatic carbocycles. The normalized spacial score (nSPS) is 12.1. The van der Waals surface area contributed by atoms with Crippen molar-refractivity contribution < 1.29 is 9.18 Å². The SMILES string of the molecule is CC(Sc1n[nH]c(Cc2cccs2)n1)C(=O)Nc1cccc(F)c1. The summed E-state index contributed by atoms with van der Waals surface area (Å²) in [6.45, 7) is 1.76. The van der Waals surface area contributed by atoms with Gasteiger partial charge >= 0.3 is 0 Å². The van der Waals surface area contributed by atoms with Crippen molar-refractivity contribution in [2.75, 3.05) is 5.32 Å². The molecule has 0 aliphatic rings. The van der Waals surface area contributed by atoms with Crippen LogP contribution in [-0.2, 0) is 11.2 Å². The van der Waals surface area contributed by atoms with Crippen LogP contribution < -0.4 is 5.32 Å². The summed E-state index contributed by atoms with van der Waals surface area (Å²) in [7, 11) is 0. The first-order chi connectivity index (χ1) is 11.6. The molecule has 2 N–H and O–H groups in total. The third-order valence-corrected chi connectivity index (χ3v) is 5.01. The molecule has 2 aromatic heterocycles. The van der Waals surface area contributed by atoms with Crippen LogP contribution in [0.5, 0.6) is 0 Å². The zero-order valence-corrected chi connectivity index (χ0v) is 14.5. The highest BCUT2D eigenvalue weighted by Crippen LogP contribution is 2.22. The van der Waals surface area contributed by atoms with Crippen molar-refractivity contribution in [1.82, 2.24) is 15.2 Å². The van der Waals surface area contributed by atoms with Crippen LogP contribution in [0, 0.1) is 5.82 Å². The first-order valence-electron chi connectivity index (χ1n) is 7.27. The molecule has 1 aromatic carbocycles. The summed E-state index contributed by atoms with van der Waals surface area (Å²) in [6.07, 6.45) is 0.690. The van der Waals surface area contributed by atoms with Gasteiger partial charge in [0.1, 0.15) is 11.6 Å². The van der Waals surface area contributed by atoms with Crippen molar-refractivity contribution in [2.45, 2.75) is 23.8 Å². The summed E-state index contributed by atoms with van der Waals surface area (Å²) in [4.78, 5) is 17.8. The van der Waals surface area contributed by atoms with E-state index in [0.29, 0.717) is 17.3 Å². The van der Waals surface area contributed by atoms with Crippen LogP contribution in [0.25, 0.3) is 0 Å². The van der Waals surface area contributed by atoms with E-state index < -0.39 is 5.25 Å². The highest BCUT2D eigenvalue weighted by atomic mass is 32.2. The Morgan fingerprint density at radius 2 is 2.29 bits per heavy atom. The molecule has 124 valence electrons. The fourth-order valence-electron chi connectivity index (χ4n) is 2.01. The first-order valence-corrected chi connectivity index (χ1v) is 9.03. The van der Waals surface area contributed by atoms with E-state index >= 15 is 0 Å². The van der Waals surface area contributed by atoms with Crippen molar-refractivity contribution >= 4 is 34.7 Å². The number of thioether (sulfide) groups is 1. The molecule has 0 saturated carbocycles. The van der Waals surface area contributed by atoms with Gasteiger partial charge in [-0.25, -0.2) is 9.37 Å². The van der Waals surface area contributed by atoms with Crippen LogP contribution in [0.15, 0.2) is 46.9 Å². The predicted octanol–water partition coefficient (Wildman–Crippen LogP) is 3.72. The number of hydrogen-bond acceptors (Lipinski definition) is 5. The molecule has 2 heterocycles. The monoisotopic (exact) mass is 362 g/mol. The van der Waals surface area contributed by atoms with E-state index in [2.05, 4.69) is 20.5 Å². The maximum Gasteiger partial charge on any atom is 0.237 e. The lowest BCUT2D eigenvalue weighted by Gasteiger charge is -2.10. The van der Waals surface area contributed by atoms with Gasteiger partial charge in [-0.15, -0.1) is 16.4 Å². The van der Waals surface area contributed by atoms with Crippen LogP contribution in [0.2, 0.25) is 0 Å². The maximum atomic E-state index is 13.1. The van der Waals surface area contributed by atoms with E-state index in [0.717, 1.165) is 5.82 Å². The Labute approximate surface area is 146 Å². The molecule has 1 amide bonds. The van der Waals surface area contributed by atoms with Gasteiger partial charge in [-0.2, -0.15) is 0 Å². The molecule has 0 spiro atoms. The summed E-state index contributed by atoms with van der Waals surface area (Å²) in [5, 5.41) is 11.8. The number of amides is 1. The quantitative estimate of drug-likeness (QED) is 0.656. The lowest BCUT2D eigenvalue weighted by molar-refractivity contribution is -0.115. The van der Waals surface area contributed by atoms with E-state index in [9.17, 15) is 9.18 Å². The zero-order valence-electron chi connectivity index (χ0n) is 12.8. The standard InChI is InChI=1S/C16H15FN4OS2/c1-10(15(22)18-12-5-2-4-11(17)8-12)24-16-19-14(20-21-16)9-13-6-3-7-23-13/h2-8,10H,9H2,1H3,(H,18,22)(H,19,20,21). The highest BCUT2D eigenvalue weighted by Gasteiger charge is 2.17. The van der Waals surface area contributed by atoms with Gasteiger partial charge in [0.05, 0.1) is 5.25 Å². The molecule has 8 heteroatoms. The van der Waals surface area contributed by atoms with Gasteiger partial charge in [0, 0.05) is 17.0 Å². The van der Waals surface area contributed by atoms with Crippen molar-refractivity contribution in [3.05, 3.63) is 58.3 Å². The lowest BCUT2D eigenvalue weighted by atomic mass is 10.3. The van der Waals surface area contributed by atoms with Crippen molar-refractivity contribution in [2.24, 2.45) is 0 Å². The Kier molecular flexibility index (Phi) is 5.27. The van der Waals surface area contributed by atoms with Gasteiger partial charge < -0.3 is 5.32 Å². The van der Waals surface area contributed by atoms with E-state index in [1.165, 1.54) is 28.8 Å². The number of nitrogens with one attached hydrogen (secondary N) is 2. The second-order valence-corrected chi connectivity index (χ2v) is 7.42. The number of nitrogens with zero attached hydrogens (tertiary/aromatic N) is 2. The number of thiophene rings is 1. The highest BCUT2D eigenvalue weighted by molar-refractivity contribution is 8.00. The topological polar surface area (TPSA) is 70.7 Å². The number of carbonyl (C=O) groups excluding carboxylic acids is 1. The number of halogens is 1. The minimum absolute atomic E-state index is 0.227. The molecule has 1 unspecified atom stereocenters. The molecule has 0 bridgehead atoms. The van der Waals surface area contributed by atoms with Gasteiger partial charge in [0.25, 0.3) is 0 Å². The molecule has 1 atom stereocenters. The Bertz CT molecular complexity index is 819.